The van der Waals surface area contributed by atoms with Crippen LogP contribution in [-0.2, 0) is 4.79 Å². The number of methoxy groups -OCH3 is 1. The molecule has 7 nitrogen and oxygen atoms in total. The molecular formula is C19H25FN4O3. The molecule has 3 aromatic rings. The van der Waals surface area contributed by atoms with Crippen LogP contribution in [0.1, 0.15) is 29.0 Å². The lowest BCUT2D eigenvalue weighted by molar-refractivity contribution is -0.115. The SMILES string of the molecule is CCC(=O)Nc1ccc2c(-c3c(OC4CC4)ccnc3OC)c[nH]c2n1.F.[HH].[HH]. The zero-order valence-electron chi connectivity index (χ0n) is 15.1. The molecule has 0 bridgehead atoms. The first-order valence-corrected chi connectivity index (χ1v) is 8.67. The number of fused-ring (bicyclic) bond motifs is 1. The van der Waals surface area contributed by atoms with Crippen LogP contribution in [-0.4, -0.2) is 34.1 Å². The molecule has 0 spiro atoms. The highest BCUT2D eigenvalue weighted by Crippen LogP contribution is 2.42. The highest BCUT2D eigenvalue weighted by atomic mass is 19.0. The monoisotopic (exact) mass is 376 g/mol. The van der Waals surface area contributed by atoms with E-state index in [0.29, 0.717) is 23.8 Å². The summed E-state index contributed by atoms with van der Waals surface area (Å²) in [5.74, 6) is 1.71. The van der Waals surface area contributed by atoms with E-state index in [-0.39, 0.29) is 19.6 Å². The van der Waals surface area contributed by atoms with Crippen LogP contribution in [0.15, 0.2) is 30.6 Å². The molecule has 3 aromatic heterocycles. The summed E-state index contributed by atoms with van der Waals surface area (Å²) in [6.45, 7) is 1.80. The van der Waals surface area contributed by atoms with Gasteiger partial charge in [-0.1, -0.05) is 6.92 Å². The van der Waals surface area contributed by atoms with Gasteiger partial charge in [-0.15, -0.1) is 0 Å². The Balaban J connectivity index is 0.00000140. The summed E-state index contributed by atoms with van der Waals surface area (Å²) in [6, 6.07) is 5.57. The van der Waals surface area contributed by atoms with Crippen LogP contribution in [0, 0.1) is 0 Å². The number of halogens is 1. The first-order chi connectivity index (χ1) is 12.7. The van der Waals surface area contributed by atoms with Crippen LogP contribution in [0.25, 0.3) is 22.2 Å². The van der Waals surface area contributed by atoms with E-state index < -0.39 is 0 Å². The number of hydrogen-bond acceptors (Lipinski definition) is 5. The molecule has 1 aliphatic rings. The molecule has 1 fully saturated rings. The summed E-state index contributed by atoms with van der Waals surface area (Å²) in [7, 11) is 1.60. The zero-order chi connectivity index (χ0) is 18.1. The van der Waals surface area contributed by atoms with Gasteiger partial charge < -0.3 is 19.8 Å². The third-order valence-electron chi connectivity index (χ3n) is 4.29. The topological polar surface area (TPSA) is 89.1 Å². The van der Waals surface area contributed by atoms with Crippen molar-refractivity contribution in [3.05, 3.63) is 30.6 Å². The maximum absolute atomic E-state index is 11.6. The Morgan fingerprint density at radius 3 is 2.89 bits per heavy atom. The normalized spacial score (nSPS) is 13.1. The van der Waals surface area contributed by atoms with Crippen LogP contribution in [0.3, 0.4) is 0 Å². The lowest BCUT2D eigenvalue weighted by Crippen LogP contribution is -2.10. The van der Waals surface area contributed by atoms with Crippen molar-refractivity contribution < 1.29 is 21.8 Å². The standard InChI is InChI=1S/C19H20N4O3.FH.2H2/c1-3-16(24)22-15-7-6-12-13(10-21-18(12)23-15)17-14(26-11-4-5-11)8-9-20-19(17)25-2;;;/h6-11H,3-5H2,1-2H3,(H2,21,22,23,24);3*1H. The Morgan fingerprint density at radius 1 is 1.37 bits per heavy atom. The molecule has 0 unspecified atom stereocenters. The number of aromatic amines is 1. The van der Waals surface area contributed by atoms with Gasteiger partial charge in [-0.25, -0.2) is 9.97 Å². The summed E-state index contributed by atoms with van der Waals surface area (Å²) < 4.78 is 11.5. The number of nitrogens with zero attached hydrogens (tertiary/aromatic N) is 2. The van der Waals surface area contributed by atoms with E-state index in [1.165, 1.54) is 0 Å². The van der Waals surface area contributed by atoms with Crippen LogP contribution in [0.5, 0.6) is 11.6 Å². The van der Waals surface area contributed by atoms with Gasteiger partial charge in [0.25, 0.3) is 0 Å². The Hall–Kier alpha value is -3.16. The minimum atomic E-state index is -0.0716. The highest BCUT2D eigenvalue weighted by molar-refractivity contribution is 5.98. The molecule has 27 heavy (non-hydrogen) atoms. The average molecular weight is 376 g/mol. The van der Waals surface area contributed by atoms with Gasteiger partial charge in [0.2, 0.25) is 11.8 Å². The molecule has 0 aliphatic heterocycles. The Morgan fingerprint density at radius 2 is 2.19 bits per heavy atom. The Labute approximate surface area is 158 Å². The van der Waals surface area contributed by atoms with Crippen molar-refractivity contribution in [1.29, 1.82) is 0 Å². The number of carbonyl (C=O) groups excluding carboxylic acids is 1. The van der Waals surface area contributed by atoms with Crippen molar-refractivity contribution in [3.63, 3.8) is 0 Å². The van der Waals surface area contributed by atoms with E-state index in [0.717, 1.165) is 35.1 Å². The summed E-state index contributed by atoms with van der Waals surface area (Å²) >= 11 is 0. The molecule has 0 aromatic carbocycles. The number of hydrogen-bond donors (Lipinski definition) is 2. The number of nitrogens with one attached hydrogen (secondary N) is 2. The summed E-state index contributed by atoms with van der Waals surface area (Å²) in [4.78, 5) is 23.5. The lowest BCUT2D eigenvalue weighted by atomic mass is 10.1. The molecule has 0 atom stereocenters. The van der Waals surface area contributed by atoms with Crippen LogP contribution in [0.4, 0.5) is 10.5 Å². The molecule has 0 radical (unpaired) electrons. The number of ether oxygens (including phenoxy) is 2. The van der Waals surface area contributed by atoms with Crippen molar-refractivity contribution in [1.82, 2.24) is 15.0 Å². The van der Waals surface area contributed by atoms with Gasteiger partial charge in [0.05, 0.1) is 18.8 Å². The van der Waals surface area contributed by atoms with Gasteiger partial charge in [0.15, 0.2) is 0 Å². The predicted octanol–water partition coefficient (Wildman–Crippen LogP) is 4.17. The van der Waals surface area contributed by atoms with Gasteiger partial charge in [-0.05, 0) is 31.0 Å². The van der Waals surface area contributed by atoms with Crippen LogP contribution in [0.2, 0.25) is 0 Å². The molecule has 146 valence electrons. The second kappa shape index (κ2) is 7.61. The largest absolute Gasteiger partial charge is 0.490 e. The maximum atomic E-state index is 11.6. The fourth-order valence-corrected chi connectivity index (χ4v) is 2.80. The molecule has 8 heteroatoms. The minimum Gasteiger partial charge on any atom is -0.490 e. The number of aromatic nitrogens is 3. The molecule has 4 rings (SSSR count). The smallest absolute Gasteiger partial charge is 0.225 e. The van der Waals surface area contributed by atoms with Crippen molar-refractivity contribution in [2.24, 2.45) is 0 Å². The molecule has 1 amide bonds. The maximum Gasteiger partial charge on any atom is 0.225 e. The fraction of sp³-hybridized carbons (Fsp3) is 0.316. The van der Waals surface area contributed by atoms with Crippen LogP contribution >= 0.6 is 0 Å². The van der Waals surface area contributed by atoms with E-state index in [1.807, 2.05) is 18.3 Å². The molecule has 1 saturated carbocycles. The second-order valence-electron chi connectivity index (χ2n) is 6.21. The van der Waals surface area contributed by atoms with Gasteiger partial charge in [-0.2, -0.15) is 0 Å². The summed E-state index contributed by atoms with van der Waals surface area (Å²) in [5.41, 5.74) is 2.39. The molecular weight excluding hydrogens is 351 g/mol. The summed E-state index contributed by atoms with van der Waals surface area (Å²) in [6.07, 6.45) is 6.36. The van der Waals surface area contributed by atoms with Crippen molar-refractivity contribution >= 4 is 22.8 Å². The summed E-state index contributed by atoms with van der Waals surface area (Å²) in [5, 5.41) is 3.68. The lowest BCUT2D eigenvalue weighted by Gasteiger charge is -2.13. The molecule has 1 aliphatic carbocycles. The first-order valence-electron chi connectivity index (χ1n) is 8.67. The number of pyridine rings is 2. The third kappa shape index (κ3) is 3.69. The average Bonchev–Trinajstić information content (AvgIpc) is 3.38. The Kier molecular flexibility index (Phi) is 5.25. The third-order valence-corrected chi connectivity index (χ3v) is 4.29. The van der Waals surface area contributed by atoms with Crippen molar-refractivity contribution in [2.75, 3.05) is 12.4 Å². The Bertz CT molecular complexity index is 979. The van der Waals surface area contributed by atoms with E-state index in [1.54, 1.807) is 26.3 Å². The minimum absolute atomic E-state index is 0. The number of rotatable bonds is 6. The number of anilines is 1. The zero-order valence-corrected chi connectivity index (χ0v) is 15.1. The van der Waals surface area contributed by atoms with E-state index in [9.17, 15) is 4.79 Å². The molecule has 3 heterocycles. The van der Waals surface area contributed by atoms with E-state index >= 15 is 0 Å². The number of H-pyrrole nitrogens is 1. The number of amides is 1. The van der Waals surface area contributed by atoms with Gasteiger partial charge in [0, 0.05) is 32.6 Å². The van der Waals surface area contributed by atoms with Crippen molar-refractivity contribution in [3.8, 4) is 22.8 Å². The number of carbonyl (C=O) groups is 1. The fourth-order valence-electron chi connectivity index (χ4n) is 2.80. The molecule has 2 N–H and O–H groups in total. The van der Waals surface area contributed by atoms with E-state index in [4.69, 9.17) is 9.47 Å². The van der Waals surface area contributed by atoms with E-state index in [2.05, 4.69) is 20.3 Å². The van der Waals surface area contributed by atoms with Crippen LogP contribution < -0.4 is 14.8 Å². The highest BCUT2D eigenvalue weighted by Gasteiger charge is 2.27. The predicted molar refractivity (Wildman–Crippen MR) is 105 cm³/mol. The first kappa shape index (κ1) is 18.6. The second-order valence-corrected chi connectivity index (χ2v) is 6.21. The van der Waals surface area contributed by atoms with Gasteiger partial charge in [0.1, 0.15) is 17.2 Å². The molecule has 0 saturated heterocycles. The quantitative estimate of drug-likeness (QED) is 0.674. The van der Waals surface area contributed by atoms with Gasteiger partial charge >= 0.3 is 0 Å². The van der Waals surface area contributed by atoms with Crippen molar-refractivity contribution in [2.45, 2.75) is 32.3 Å². The van der Waals surface area contributed by atoms with Gasteiger partial charge in [-0.3, -0.25) is 9.50 Å².